The van der Waals surface area contributed by atoms with Gasteiger partial charge in [0.2, 0.25) is 0 Å². The van der Waals surface area contributed by atoms with Gasteiger partial charge in [0.15, 0.2) is 0 Å². The van der Waals surface area contributed by atoms with Crippen molar-refractivity contribution in [2.24, 2.45) is 9.98 Å². The molecular formula is C34H52N2. The molecule has 36 heavy (non-hydrogen) atoms. The summed E-state index contributed by atoms with van der Waals surface area (Å²) in [5.41, 5.74) is 9.71. The maximum atomic E-state index is 5.21. The number of unbranched alkanes of at least 4 members (excludes halogenated alkanes) is 10. The van der Waals surface area contributed by atoms with Crippen LogP contribution in [0.3, 0.4) is 0 Å². The molecule has 0 aromatic heterocycles. The number of hydrogen-bond acceptors (Lipinski definition) is 2. The summed E-state index contributed by atoms with van der Waals surface area (Å²) in [5, 5.41) is 0. The van der Waals surface area contributed by atoms with E-state index in [1.807, 2.05) is 0 Å². The van der Waals surface area contributed by atoms with Gasteiger partial charge in [0.05, 0.1) is 22.8 Å². The zero-order valence-corrected chi connectivity index (χ0v) is 24.3. The van der Waals surface area contributed by atoms with E-state index in [1.54, 1.807) is 0 Å². The third kappa shape index (κ3) is 11.2. The summed E-state index contributed by atoms with van der Waals surface area (Å²) >= 11 is 0. The average molecular weight is 489 g/mol. The molecule has 2 aromatic rings. The van der Waals surface area contributed by atoms with Crippen molar-refractivity contribution in [2.75, 3.05) is 0 Å². The summed E-state index contributed by atoms with van der Waals surface area (Å²) in [5.74, 6) is 0. The molecule has 0 heterocycles. The maximum Gasteiger partial charge on any atom is 0.0636 e. The van der Waals surface area contributed by atoms with Crippen molar-refractivity contribution < 1.29 is 0 Å². The molecule has 0 aliphatic carbocycles. The van der Waals surface area contributed by atoms with Crippen molar-refractivity contribution >= 4 is 22.8 Å². The second-order valence-corrected chi connectivity index (χ2v) is 10.7. The molecule has 0 spiro atoms. The molecule has 0 atom stereocenters. The second kappa shape index (κ2) is 17.3. The molecule has 0 saturated carbocycles. The molecule has 0 N–H and O–H groups in total. The Kier molecular flexibility index (Phi) is 14.4. The fourth-order valence-electron chi connectivity index (χ4n) is 4.56. The van der Waals surface area contributed by atoms with E-state index in [4.69, 9.17) is 9.98 Å². The van der Waals surface area contributed by atoms with Crippen LogP contribution < -0.4 is 0 Å². The van der Waals surface area contributed by atoms with Crippen molar-refractivity contribution in [3.05, 3.63) is 58.7 Å². The lowest BCUT2D eigenvalue weighted by atomic mass is 10.0. The molecule has 198 valence electrons. The highest BCUT2D eigenvalue weighted by Crippen LogP contribution is 2.23. The monoisotopic (exact) mass is 488 g/mol. The molecule has 0 radical (unpaired) electrons. The van der Waals surface area contributed by atoms with E-state index in [1.165, 1.54) is 104 Å². The van der Waals surface area contributed by atoms with E-state index < -0.39 is 0 Å². The summed E-state index contributed by atoms with van der Waals surface area (Å²) in [6, 6.07) is 13.1. The predicted molar refractivity (Wildman–Crippen MR) is 162 cm³/mol. The first-order valence-corrected chi connectivity index (χ1v) is 14.7. The molecule has 2 nitrogen and oxygen atoms in total. The largest absolute Gasteiger partial charge is 0.252 e. The van der Waals surface area contributed by atoms with Crippen molar-refractivity contribution in [2.45, 2.75) is 131 Å². The van der Waals surface area contributed by atoms with Crippen LogP contribution in [0, 0.1) is 27.7 Å². The molecule has 0 aliphatic rings. The Bertz CT molecular complexity index is 967. The lowest BCUT2D eigenvalue weighted by Gasteiger charge is -2.12. The number of benzene rings is 2. The van der Waals surface area contributed by atoms with Gasteiger partial charge in [-0.1, -0.05) is 90.2 Å². The minimum Gasteiger partial charge on any atom is -0.252 e. The van der Waals surface area contributed by atoms with Crippen LogP contribution in [0.15, 0.2) is 46.4 Å². The molecule has 0 fully saturated rings. The van der Waals surface area contributed by atoms with Crippen LogP contribution in [-0.4, -0.2) is 11.4 Å². The quantitative estimate of drug-likeness (QED) is 0.156. The highest BCUT2D eigenvalue weighted by Gasteiger charge is 2.11. The van der Waals surface area contributed by atoms with Crippen molar-refractivity contribution in [3.63, 3.8) is 0 Å². The third-order valence-electron chi connectivity index (χ3n) is 7.38. The standard InChI is InChI=1S/C34H52N2/c1-7-9-11-12-13-14-15-16-17-18-20-34(36-32-24-22-28(4)30(6)26-32)33(19-10-8-2)35-31-23-21-27(3)29(5)25-31/h21-26H,7-20H2,1-6H3. The fourth-order valence-corrected chi connectivity index (χ4v) is 4.56. The number of rotatable bonds is 17. The van der Waals surface area contributed by atoms with Crippen LogP contribution in [-0.2, 0) is 0 Å². The summed E-state index contributed by atoms with van der Waals surface area (Å²) in [6.07, 6.45) is 17.8. The number of aliphatic imine (C=N–C) groups is 2. The fraction of sp³-hybridized carbons (Fsp3) is 0.588. The first kappa shape index (κ1) is 30.0. The van der Waals surface area contributed by atoms with Crippen molar-refractivity contribution in [3.8, 4) is 0 Å². The van der Waals surface area contributed by atoms with Gasteiger partial charge in [-0.3, -0.25) is 9.98 Å². The molecule has 0 aliphatic heterocycles. The highest BCUT2D eigenvalue weighted by molar-refractivity contribution is 6.43. The third-order valence-corrected chi connectivity index (χ3v) is 7.38. The van der Waals surface area contributed by atoms with Gasteiger partial charge in [0, 0.05) is 0 Å². The minimum atomic E-state index is 0.991. The number of aryl methyl sites for hydroxylation is 4. The highest BCUT2D eigenvalue weighted by atomic mass is 14.8. The number of hydrogen-bond donors (Lipinski definition) is 0. The van der Waals surface area contributed by atoms with E-state index >= 15 is 0 Å². The second-order valence-electron chi connectivity index (χ2n) is 10.7. The molecule has 0 bridgehead atoms. The Morgan fingerprint density at radius 1 is 0.472 bits per heavy atom. The van der Waals surface area contributed by atoms with Gasteiger partial charge < -0.3 is 0 Å². The lowest BCUT2D eigenvalue weighted by Crippen LogP contribution is -2.14. The van der Waals surface area contributed by atoms with E-state index in [2.05, 4.69) is 77.9 Å². The smallest absolute Gasteiger partial charge is 0.0636 e. The first-order valence-electron chi connectivity index (χ1n) is 14.7. The molecule has 0 amide bonds. The van der Waals surface area contributed by atoms with Crippen LogP contribution in [0.5, 0.6) is 0 Å². The summed E-state index contributed by atoms with van der Waals surface area (Å²) in [4.78, 5) is 10.4. The molecule has 2 aromatic carbocycles. The van der Waals surface area contributed by atoms with Crippen LogP contribution in [0.2, 0.25) is 0 Å². The molecule has 0 unspecified atom stereocenters. The van der Waals surface area contributed by atoms with Gasteiger partial charge in [-0.05, 0) is 99.9 Å². The average Bonchev–Trinajstić information content (AvgIpc) is 2.86. The van der Waals surface area contributed by atoms with Crippen LogP contribution >= 0.6 is 0 Å². The predicted octanol–water partition coefficient (Wildman–Crippen LogP) is 11.3. The summed E-state index contributed by atoms with van der Waals surface area (Å²) in [7, 11) is 0. The van der Waals surface area contributed by atoms with Gasteiger partial charge in [-0.25, -0.2) is 0 Å². The molecule has 2 heteroatoms. The van der Waals surface area contributed by atoms with Crippen LogP contribution in [0.1, 0.15) is 126 Å². The Morgan fingerprint density at radius 3 is 1.28 bits per heavy atom. The van der Waals surface area contributed by atoms with Gasteiger partial charge in [0.25, 0.3) is 0 Å². The normalized spacial score (nSPS) is 12.4. The van der Waals surface area contributed by atoms with Gasteiger partial charge in [0.1, 0.15) is 0 Å². The first-order chi connectivity index (χ1) is 17.4. The van der Waals surface area contributed by atoms with Crippen LogP contribution in [0.4, 0.5) is 11.4 Å². The SMILES string of the molecule is CCCCCCCCCCCCC(=Nc1ccc(C)c(C)c1)C(CCCC)=Nc1ccc(C)c(C)c1. The van der Waals surface area contributed by atoms with E-state index in [0.717, 1.165) is 30.6 Å². The van der Waals surface area contributed by atoms with E-state index in [-0.39, 0.29) is 0 Å². The number of nitrogens with zero attached hydrogens (tertiary/aromatic N) is 2. The van der Waals surface area contributed by atoms with Crippen molar-refractivity contribution in [1.29, 1.82) is 0 Å². The molecular weight excluding hydrogens is 436 g/mol. The zero-order valence-electron chi connectivity index (χ0n) is 24.3. The van der Waals surface area contributed by atoms with Gasteiger partial charge in [-0.15, -0.1) is 0 Å². The van der Waals surface area contributed by atoms with Gasteiger partial charge in [-0.2, -0.15) is 0 Å². The molecule has 0 saturated heterocycles. The Morgan fingerprint density at radius 2 is 0.861 bits per heavy atom. The summed E-state index contributed by atoms with van der Waals surface area (Å²) < 4.78 is 0. The maximum absolute atomic E-state index is 5.21. The zero-order chi connectivity index (χ0) is 26.2. The van der Waals surface area contributed by atoms with E-state index in [0.29, 0.717) is 0 Å². The Labute approximate surface area is 222 Å². The topological polar surface area (TPSA) is 24.7 Å². The Balaban J connectivity index is 2.14. The summed E-state index contributed by atoms with van der Waals surface area (Å²) in [6.45, 7) is 13.2. The molecule has 2 rings (SSSR count). The van der Waals surface area contributed by atoms with Crippen LogP contribution in [0.25, 0.3) is 0 Å². The Hall–Kier alpha value is -2.22. The van der Waals surface area contributed by atoms with E-state index in [9.17, 15) is 0 Å². The lowest BCUT2D eigenvalue weighted by molar-refractivity contribution is 0.559. The van der Waals surface area contributed by atoms with Crippen molar-refractivity contribution in [1.82, 2.24) is 0 Å². The minimum absolute atomic E-state index is 0.991. The van der Waals surface area contributed by atoms with Gasteiger partial charge >= 0.3 is 0 Å².